The number of amides is 1. The van der Waals surface area contributed by atoms with Crippen LogP contribution in [0.5, 0.6) is 0 Å². The van der Waals surface area contributed by atoms with Crippen LogP contribution in [0.4, 0.5) is 0 Å². The SMILES string of the molecule is CC(=O)OC[C@H]1O[C@@H](Br)[C@H](NC(=O)CC(Cl)(Cl)Cl)[C@@H](OC(C)=O)[C@@H]1OC(C)=O. The summed E-state index contributed by atoms with van der Waals surface area (Å²) in [5, 5.41) is 1.63. The number of rotatable bonds is 6. The number of hydrogen-bond donors (Lipinski definition) is 1. The van der Waals surface area contributed by atoms with Gasteiger partial charge in [0.2, 0.25) is 5.91 Å². The molecule has 1 rings (SSSR count). The Balaban J connectivity index is 3.12. The zero-order valence-electron chi connectivity index (χ0n) is 15.1. The normalized spacial score (nSPS) is 27.5. The number of nitrogens with one attached hydrogen (secondary N) is 1. The van der Waals surface area contributed by atoms with Crippen molar-refractivity contribution in [3.8, 4) is 0 Å². The van der Waals surface area contributed by atoms with Crippen molar-refractivity contribution in [1.29, 1.82) is 0 Å². The Morgan fingerprint density at radius 1 is 1.00 bits per heavy atom. The van der Waals surface area contributed by atoms with Crippen molar-refractivity contribution in [3.63, 3.8) is 0 Å². The average Bonchev–Trinajstić information content (AvgIpc) is 2.49. The van der Waals surface area contributed by atoms with Crippen molar-refractivity contribution >= 4 is 74.5 Å². The molecule has 0 bridgehead atoms. The molecule has 5 atom stereocenters. The van der Waals surface area contributed by atoms with E-state index in [1.54, 1.807) is 0 Å². The van der Waals surface area contributed by atoms with E-state index in [2.05, 4.69) is 21.2 Å². The molecule has 0 aromatic rings. The van der Waals surface area contributed by atoms with Crippen molar-refractivity contribution in [2.45, 2.75) is 60.4 Å². The lowest BCUT2D eigenvalue weighted by molar-refractivity contribution is -0.211. The van der Waals surface area contributed by atoms with Gasteiger partial charge in [0.15, 0.2) is 16.0 Å². The van der Waals surface area contributed by atoms with E-state index in [4.69, 9.17) is 53.8 Å². The first-order valence-corrected chi connectivity index (χ1v) is 9.98. The lowest BCUT2D eigenvalue weighted by Crippen LogP contribution is -2.65. The molecule has 28 heavy (non-hydrogen) atoms. The maximum atomic E-state index is 12.2. The molecule has 0 radical (unpaired) electrons. The first-order chi connectivity index (χ1) is 12.8. The molecule has 0 saturated carbocycles. The van der Waals surface area contributed by atoms with Crippen LogP contribution in [-0.4, -0.2) is 63.6 Å². The van der Waals surface area contributed by atoms with Crippen molar-refractivity contribution in [2.75, 3.05) is 6.61 Å². The fourth-order valence-electron chi connectivity index (χ4n) is 2.46. The molecule has 1 aliphatic rings. The lowest BCUT2D eigenvalue weighted by Gasteiger charge is -2.43. The first-order valence-electron chi connectivity index (χ1n) is 7.93. The molecule has 0 aromatic heterocycles. The maximum absolute atomic E-state index is 12.2. The molecule has 160 valence electrons. The summed E-state index contributed by atoms with van der Waals surface area (Å²) in [5.41, 5.74) is 0. The second-order valence-corrected chi connectivity index (χ2v) is 9.28. The van der Waals surface area contributed by atoms with Crippen LogP contribution in [0.3, 0.4) is 0 Å². The number of alkyl halides is 4. The Hall–Kier alpha value is -0.810. The van der Waals surface area contributed by atoms with Crippen molar-refractivity contribution < 1.29 is 38.1 Å². The van der Waals surface area contributed by atoms with Gasteiger partial charge in [0.1, 0.15) is 23.8 Å². The smallest absolute Gasteiger partial charge is 0.303 e. The molecular formula is C15H19BrCl3NO8. The van der Waals surface area contributed by atoms with Gasteiger partial charge in [-0.05, 0) is 0 Å². The van der Waals surface area contributed by atoms with Gasteiger partial charge < -0.3 is 24.3 Å². The van der Waals surface area contributed by atoms with Gasteiger partial charge in [0.25, 0.3) is 0 Å². The molecule has 0 aromatic carbocycles. The lowest BCUT2D eigenvalue weighted by atomic mass is 9.97. The number of carbonyl (C=O) groups excluding carboxylic acids is 4. The Bertz CT molecular complexity index is 615. The van der Waals surface area contributed by atoms with Crippen LogP contribution < -0.4 is 5.32 Å². The predicted molar refractivity (Wildman–Crippen MR) is 102 cm³/mol. The molecule has 1 heterocycles. The van der Waals surface area contributed by atoms with Gasteiger partial charge in [-0.2, -0.15) is 0 Å². The predicted octanol–water partition coefficient (Wildman–Crippen LogP) is 1.78. The summed E-state index contributed by atoms with van der Waals surface area (Å²) >= 11 is 20.1. The largest absolute Gasteiger partial charge is 0.463 e. The van der Waals surface area contributed by atoms with Crippen LogP contribution in [-0.2, 0) is 38.1 Å². The fourth-order valence-corrected chi connectivity index (χ4v) is 3.54. The molecular weight excluding hydrogens is 508 g/mol. The van der Waals surface area contributed by atoms with Gasteiger partial charge in [-0.1, -0.05) is 50.7 Å². The second kappa shape index (κ2) is 10.8. The highest BCUT2D eigenvalue weighted by atomic mass is 79.9. The number of halogens is 4. The van der Waals surface area contributed by atoms with Gasteiger partial charge in [-0.25, -0.2) is 0 Å². The second-order valence-electron chi connectivity index (χ2n) is 5.86. The molecule has 0 spiro atoms. The highest BCUT2D eigenvalue weighted by molar-refractivity contribution is 9.09. The molecule has 1 saturated heterocycles. The standard InChI is InChI=1S/C15H19BrCl3NO8/c1-6(21)25-5-9-12(26-7(2)22)13(27-8(3)23)11(14(16)28-9)20-10(24)4-15(17,18)19/h9,11-14H,4-5H2,1-3H3,(H,20,24)/t9-,11-,12-,13-,14-/m1/s1. The van der Waals surface area contributed by atoms with Crippen molar-refractivity contribution in [3.05, 3.63) is 0 Å². The van der Waals surface area contributed by atoms with E-state index in [0.717, 1.165) is 13.8 Å². The van der Waals surface area contributed by atoms with E-state index < -0.39 is 63.4 Å². The highest BCUT2D eigenvalue weighted by Crippen LogP contribution is 2.32. The summed E-state index contributed by atoms with van der Waals surface area (Å²) in [5.74, 6) is -2.65. The Labute approximate surface area is 184 Å². The topological polar surface area (TPSA) is 117 Å². The minimum Gasteiger partial charge on any atom is -0.463 e. The summed E-state index contributed by atoms with van der Waals surface area (Å²) < 4.78 is 19.2. The maximum Gasteiger partial charge on any atom is 0.303 e. The van der Waals surface area contributed by atoms with E-state index in [1.807, 2.05) is 0 Å². The van der Waals surface area contributed by atoms with E-state index in [0.29, 0.717) is 0 Å². The van der Waals surface area contributed by atoms with Crippen LogP contribution in [0, 0.1) is 0 Å². The van der Waals surface area contributed by atoms with Gasteiger partial charge >= 0.3 is 17.9 Å². The van der Waals surface area contributed by atoms with Crippen LogP contribution in [0.1, 0.15) is 27.2 Å². The van der Waals surface area contributed by atoms with E-state index in [9.17, 15) is 19.2 Å². The fraction of sp³-hybridized carbons (Fsp3) is 0.733. The highest BCUT2D eigenvalue weighted by Gasteiger charge is 2.50. The minimum absolute atomic E-state index is 0.276. The molecule has 1 amide bonds. The molecule has 0 unspecified atom stereocenters. The van der Waals surface area contributed by atoms with Crippen LogP contribution >= 0.6 is 50.7 Å². The third kappa shape index (κ3) is 8.69. The van der Waals surface area contributed by atoms with Crippen LogP contribution in [0.15, 0.2) is 0 Å². The summed E-state index contributed by atoms with van der Waals surface area (Å²) in [7, 11) is 0. The molecule has 1 fully saturated rings. The van der Waals surface area contributed by atoms with Crippen LogP contribution in [0.25, 0.3) is 0 Å². The molecule has 0 aliphatic carbocycles. The Kier molecular flexibility index (Phi) is 9.75. The minimum atomic E-state index is -1.84. The van der Waals surface area contributed by atoms with Gasteiger partial charge in [0, 0.05) is 20.8 Å². The van der Waals surface area contributed by atoms with Gasteiger partial charge in [-0.15, -0.1) is 0 Å². The van der Waals surface area contributed by atoms with Gasteiger partial charge in [-0.3, -0.25) is 19.2 Å². The summed E-state index contributed by atoms with van der Waals surface area (Å²) in [6.07, 6.45) is -3.79. The monoisotopic (exact) mass is 525 g/mol. The molecule has 1 aliphatic heterocycles. The summed E-state index contributed by atoms with van der Waals surface area (Å²) in [4.78, 5) is 46.4. The quantitative estimate of drug-likeness (QED) is 0.316. The van der Waals surface area contributed by atoms with Gasteiger partial charge in [0.05, 0.1) is 6.42 Å². The molecule has 9 nitrogen and oxygen atoms in total. The third-order valence-electron chi connectivity index (χ3n) is 3.37. The Morgan fingerprint density at radius 2 is 1.54 bits per heavy atom. The zero-order chi connectivity index (χ0) is 21.6. The number of ether oxygens (including phenoxy) is 4. The van der Waals surface area contributed by atoms with E-state index in [1.165, 1.54) is 6.92 Å². The number of carbonyl (C=O) groups is 4. The Morgan fingerprint density at radius 3 is 2.00 bits per heavy atom. The summed E-state index contributed by atoms with van der Waals surface area (Å²) in [6, 6.07) is -0.998. The zero-order valence-corrected chi connectivity index (χ0v) is 18.9. The summed E-state index contributed by atoms with van der Waals surface area (Å²) in [6.45, 7) is 3.20. The van der Waals surface area contributed by atoms with Crippen LogP contribution in [0.2, 0.25) is 0 Å². The molecule has 1 N–H and O–H groups in total. The van der Waals surface area contributed by atoms with E-state index >= 15 is 0 Å². The number of hydrogen-bond acceptors (Lipinski definition) is 8. The first kappa shape index (κ1) is 25.2. The van der Waals surface area contributed by atoms with Crippen molar-refractivity contribution in [2.24, 2.45) is 0 Å². The third-order valence-corrected chi connectivity index (χ3v) is 4.56. The molecule has 13 heteroatoms. The van der Waals surface area contributed by atoms with E-state index in [-0.39, 0.29) is 6.61 Å². The number of esters is 3. The van der Waals surface area contributed by atoms with Crippen molar-refractivity contribution in [1.82, 2.24) is 5.32 Å². The average molecular weight is 528 g/mol.